The zero-order valence-electron chi connectivity index (χ0n) is 13.7. The summed E-state index contributed by atoms with van der Waals surface area (Å²) in [6.45, 7) is 0.200. The lowest BCUT2D eigenvalue weighted by Crippen LogP contribution is -2.34. The Morgan fingerprint density at radius 3 is 2.20 bits per heavy atom. The van der Waals surface area contributed by atoms with Gasteiger partial charge in [-0.3, -0.25) is 5.01 Å². The molecule has 4 unspecified atom stereocenters. The highest BCUT2D eigenvalue weighted by molar-refractivity contribution is 5.67. The number of ether oxygens (including phenoxy) is 1. The van der Waals surface area contributed by atoms with Crippen LogP contribution in [0.25, 0.3) is 0 Å². The molecule has 0 aliphatic carbocycles. The van der Waals surface area contributed by atoms with Crippen molar-refractivity contribution in [2.45, 2.75) is 31.0 Å². The number of benzene rings is 2. The molecule has 0 saturated carbocycles. The first-order chi connectivity index (χ1) is 12.2. The molecule has 6 heteroatoms. The van der Waals surface area contributed by atoms with Gasteiger partial charge in [-0.05, 0) is 17.7 Å². The zero-order chi connectivity index (χ0) is 17.6. The molecular formula is C19H22N2O4. The molecule has 0 aromatic heterocycles. The molecule has 2 aromatic rings. The van der Waals surface area contributed by atoms with Gasteiger partial charge in [0.1, 0.15) is 24.4 Å². The topological polar surface area (TPSA) is 85.5 Å². The van der Waals surface area contributed by atoms with Gasteiger partial charge < -0.3 is 20.1 Å². The maximum absolute atomic E-state index is 10.0. The molecule has 2 aromatic carbocycles. The number of hydrogen-bond donors (Lipinski definition) is 3. The monoisotopic (exact) mass is 342 g/mol. The molecule has 0 amide bonds. The SMILES string of the molecule is OCC1OC(C=NN(Cc2ccccc2)c2ccccc2)C(O)C1O. The van der Waals surface area contributed by atoms with E-state index in [1.165, 1.54) is 6.21 Å². The predicted molar refractivity (Wildman–Crippen MR) is 95.3 cm³/mol. The molecule has 25 heavy (non-hydrogen) atoms. The van der Waals surface area contributed by atoms with Crippen molar-refractivity contribution >= 4 is 11.9 Å². The molecule has 1 fully saturated rings. The van der Waals surface area contributed by atoms with Crippen LogP contribution in [-0.2, 0) is 11.3 Å². The minimum atomic E-state index is -1.12. The summed E-state index contributed by atoms with van der Waals surface area (Å²) in [6, 6.07) is 19.6. The Kier molecular flexibility index (Phi) is 5.78. The number of aliphatic hydroxyl groups excluding tert-OH is 3. The molecule has 4 atom stereocenters. The van der Waals surface area contributed by atoms with Gasteiger partial charge in [0.05, 0.1) is 25.1 Å². The summed E-state index contributed by atoms with van der Waals surface area (Å²) in [5.74, 6) is 0. The van der Waals surface area contributed by atoms with Crippen LogP contribution in [0.1, 0.15) is 5.56 Å². The summed E-state index contributed by atoms with van der Waals surface area (Å²) in [5, 5.41) is 35.3. The van der Waals surface area contributed by atoms with Gasteiger partial charge in [-0.2, -0.15) is 5.10 Å². The number of anilines is 1. The normalized spacial score (nSPS) is 26.2. The number of aliphatic hydroxyl groups is 3. The van der Waals surface area contributed by atoms with Gasteiger partial charge in [0, 0.05) is 0 Å². The summed E-state index contributed by atoms with van der Waals surface area (Å²) in [7, 11) is 0. The third-order valence-electron chi connectivity index (χ3n) is 4.16. The Balaban J connectivity index is 1.78. The Labute approximate surface area is 146 Å². The van der Waals surface area contributed by atoms with Crippen LogP contribution in [-0.4, -0.2) is 52.6 Å². The maximum Gasteiger partial charge on any atom is 0.123 e. The second-order valence-corrected chi connectivity index (χ2v) is 5.95. The zero-order valence-corrected chi connectivity index (χ0v) is 13.7. The van der Waals surface area contributed by atoms with E-state index in [2.05, 4.69) is 5.10 Å². The van der Waals surface area contributed by atoms with Gasteiger partial charge in [-0.1, -0.05) is 48.5 Å². The predicted octanol–water partition coefficient (Wildman–Crippen LogP) is 1.16. The van der Waals surface area contributed by atoms with Crippen LogP contribution in [0, 0.1) is 0 Å². The van der Waals surface area contributed by atoms with Crippen molar-refractivity contribution in [3.8, 4) is 0 Å². The van der Waals surface area contributed by atoms with Gasteiger partial charge in [0.2, 0.25) is 0 Å². The van der Waals surface area contributed by atoms with Gasteiger partial charge in [-0.15, -0.1) is 0 Å². The van der Waals surface area contributed by atoms with Crippen LogP contribution in [0.3, 0.4) is 0 Å². The Bertz CT molecular complexity index is 680. The van der Waals surface area contributed by atoms with E-state index < -0.39 is 24.4 Å². The fraction of sp³-hybridized carbons (Fsp3) is 0.316. The second-order valence-electron chi connectivity index (χ2n) is 5.95. The lowest BCUT2D eigenvalue weighted by molar-refractivity contribution is -0.00958. The van der Waals surface area contributed by atoms with Crippen molar-refractivity contribution in [3.05, 3.63) is 66.2 Å². The van der Waals surface area contributed by atoms with E-state index in [4.69, 9.17) is 4.74 Å². The first kappa shape index (κ1) is 17.6. The van der Waals surface area contributed by atoms with E-state index in [1.54, 1.807) is 5.01 Å². The summed E-state index contributed by atoms with van der Waals surface area (Å²) < 4.78 is 5.45. The highest BCUT2D eigenvalue weighted by Crippen LogP contribution is 2.21. The standard InChI is InChI=1S/C19H22N2O4/c22-13-17-19(24)18(23)16(25-17)11-20-21(15-9-5-2-6-10-15)12-14-7-3-1-4-8-14/h1-11,16-19,22-24H,12-13H2. The molecule has 6 nitrogen and oxygen atoms in total. The average molecular weight is 342 g/mol. The molecule has 3 rings (SSSR count). The minimum absolute atomic E-state index is 0.352. The van der Waals surface area contributed by atoms with E-state index in [1.807, 2.05) is 60.7 Å². The molecule has 0 bridgehead atoms. The van der Waals surface area contributed by atoms with Crippen LogP contribution in [0.5, 0.6) is 0 Å². The fourth-order valence-corrected chi connectivity index (χ4v) is 2.75. The summed E-state index contributed by atoms with van der Waals surface area (Å²) in [4.78, 5) is 0. The molecule has 1 heterocycles. The Morgan fingerprint density at radius 2 is 1.60 bits per heavy atom. The average Bonchev–Trinajstić information content (AvgIpc) is 2.94. The first-order valence-corrected chi connectivity index (χ1v) is 8.22. The quantitative estimate of drug-likeness (QED) is 0.542. The molecular weight excluding hydrogens is 320 g/mol. The van der Waals surface area contributed by atoms with Crippen LogP contribution in [0.15, 0.2) is 65.8 Å². The molecule has 1 saturated heterocycles. The highest BCUT2D eigenvalue weighted by atomic mass is 16.6. The van der Waals surface area contributed by atoms with E-state index in [-0.39, 0.29) is 6.61 Å². The van der Waals surface area contributed by atoms with Gasteiger partial charge in [-0.25, -0.2) is 0 Å². The van der Waals surface area contributed by atoms with Gasteiger partial charge in [0.25, 0.3) is 0 Å². The summed E-state index contributed by atoms with van der Waals surface area (Å²) in [5.41, 5.74) is 1.99. The smallest absolute Gasteiger partial charge is 0.123 e. The highest BCUT2D eigenvalue weighted by Gasteiger charge is 2.41. The molecule has 0 spiro atoms. The largest absolute Gasteiger partial charge is 0.394 e. The third-order valence-corrected chi connectivity index (χ3v) is 4.16. The third kappa shape index (κ3) is 4.24. The molecule has 132 valence electrons. The molecule has 1 aliphatic heterocycles. The van der Waals surface area contributed by atoms with Crippen LogP contribution in [0.4, 0.5) is 5.69 Å². The number of hydrazone groups is 1. The fourth-order valence-electron chi connectivity index (χ4n) is 2.75. The number of para-hydroxylation sites is 1. The Morgan fingerprint density at radius 1 is 0.960 bits per heavy atom. The second kappa shape index (κ2) is 8.22. The van der Waals surface area contributed by atoms with E-state index in [9.17, 15) is 15.3 Å². The van der Waals surface area contributed by atoms with Crippen molar-refractivity contribution in [1.29, 1.82) is 0 Å². The molecule has 3 N–H and O–H groups in total. The van der Waals surface area contributed by atoms with E-state index >= 15 is 0 Å². The van der Waals surface area contributed by atoms with Crippen LogP contribution < -0.4 is 5.01 Å². The van der Waals surface area contributed by atoms with Gasteiger partial charge >= 0.3 is 0 Å². The van der Waals surface area contributed by atoms with Crippen molar-refractivity contribution in [1.82, 2.24) is 0 Å². The van der Waals surface area contributed by atoms with Gasteiger partial charge in [0.15, 0.2) is 0 Å². The number of hydrogen-bond acceptors (Lipinski definition) is 6. The number of rotatable bonds is 6. The van der Waals surface area contributed by atoms with E-state index in [0.29, 0.717) is 6.54 Å². The lowest BCUT2D eigenvalue weighted by atomic mass is 10.1. The van der Waals surface area contributed by atoms with Crippen molar-refractivity contribution in [2.75, 3.05) is 11.6 Å². The van der Waals surface area contributed by atoms with Crippen molar-refractivity contribution in [2.24, 2.45) is 5.10 Å². The molecule has 1 aliphatic rings. The Hall–Kier alpha value is -2.25. The summed E-state index contributed by atoms with van der Waals surface area (Å²) in [6.07, 6.45) is -2.34. The van der Waals surface area contributed by atoms with Crippen LogP contribution in [0.2, 0.25) is 0 Å². The van der Waals surface area contributed by atoms with E-state index in [0.717, 1.165) is 11.3 Å². The summed E-state index contributed by atoms with van der Waals surface area (Å²) >= 11 is 0. The van der Waals surface area contributed by atoms with Crippen LogP contribution >= 0.6 is 0 Å². The first-order valence-electron chi connectivity index (χ1n) is 8.22. The minimum Gasteiger partial charge on any atom is -0.394 e. The lowest BCUT2D eigenvalue weighted by Gasteiger charge is -2.20. The maximum atomic E-state index is 10.0. The molecule has 0 radical (unpaired) electrons. The number of nitrogens with zero attached hydrogens (tertiary/aromatic N) is 2. The van der Waals surface area contributed by atoms with Crippen molar-refractivity contribution in [3.63, 3.8) is 0 Å². The van der Waals surface area contributed by atoms with Crippen molar-refractivity contribution < 1.29 is 20.1 Å².